The lowest BCUT2D eigenvalue weighted by molar-refractivity contribution is -0.0518. The fourth-order valence-electron chi connectivity index (χ4n) is 2.44. The van der Waals surface area contributed by atoms with E-state index in [0.717, 1.165) is 6.42 Å². The van der Waals surface area contributed by atoms with Crippen molar-refractivity contribution in [1.29, 1.82) is 0 Å². The fourth-order valence-corrected chi connectivity index (χ4v) is 2.44. The van der Waals surface area contributed by atoms with Gasteiger partial charge in [-0.2, -0.15) is 0 Å². The molecule has 0 heterocycles. The highest BCUT2D eigenvalue weighted by Gasteiger charge is 2.38. The van der Waals surface area contributed by atoms with Crippen molar-refractivity contribution >= 4 is 0 Å². The van der Waals surface area contributed by atoms with Crippen LogP contribution < -0.4 is 11.3 Å². The van der Waals surface area contributed by atoms with E-state index in [1.807, 2.05) is 0 Å². The Morgan fingerprint density at radius 1 is 1.40 bits per heavy atom. The van der Waals surface area contributed by atoms with Crippen molar-refractivity contribution in [3.63, 3.8) is 0 Å². The van der Waals surface area contributed by atoms with Gasteiger partial charge in [0.15, 0.2) is 0 Å². The Morgan fingerprint density at radius 3 is 2.33 bits per heavy atom. The molecule has 0 bridgehead atoms. The number of nitrogens with one attached hydrogen (secondary N) is 1. The Kier molecular flexibility index (Phi) is 4.46. The van der Waals surface area contributed by atoms with Crippen molar-refractivity contribution in [3.8, 4) is 0 Å². The van der Waals surface area contributed by atoms with E-state index >= 15 is 0 Å². The molecule has 4 heteroatoms. The molecule has 0 aromatic rings. The topological polar surface area (TPSA) is 38.0 Å². The van der Waals surface area contributed by atoms with Gasteiger partial charge in [0.25, 0.3) is 0 Å². The summed E-state index contributed by atoms with van der Waals surface area (Å²) in [5.74, 6) is 3.83. The van der Waals surface area contributed by atoms with Crippen LogP contribution in [0.1, 0.15) is 46.0 Å². The van der Waals surface area contributed by atoms with Crippen LogP contribution >= 0.6 is 0 Å². The molecule has 0 radical (unpaired) electrons. The van der Waals surface area contributed by atoms with Gasteiger partial charge in [-0.05, 0) is 24.7 Å². The zero-order chi connectivity index (χ0) is 11.5. The highest BCUT2D eigenvalue weighted by atomic mass is 19.3. The van der Waals surface area contributed by atoms with Crippen LogP contribution in [-0.4, -0.2) is 12.0 Å². The third-order valence-electron chi connectivity index (χ3n) is 3.72. The minimum absolute atomic E-state index is 0.0201. The molecule has 0 aromatic heterocycles. The van der Waals surface area contributed by atoms with Crippen LogP contribution in [0.15, 0.2) is 0 Å². The van der Waals surface area contributed by atoms with Crippen molar-refractivity contribution in [2.24, 2.45) is 17.7 Å². The summed E-state index contributed by atoms with van der Waals surface area (Å²) >= 11 is 0. The van der Waals surface area contributed by atoms with Crippen molar-refractivity contribution in [2.75, 3.05) is 0 Å². The number of alkyl halides is 2. The second-order valence-corrected chi connectivity index (χ2v) is 4.77. The lowest BCUT2D eigenvalue weighted by Crippen LogP contribution is -2.47. The Hall–Kier alpha value is -0.220. The van der Waals surface area contributed by atoms with Crippen LogP contribution in [0.4, 0.5) is 8.78 Å². The van der Waals surface area contributed by atoms with Gasteiger partial charge in [0, 0.05) is 18.9 Å². The number of hydrazine groups is 1. The van der Waals surface area contributed by atoms with E-state index < -0.39 is 5.92 Å². The van der Waals surface area contributed by atoms with Gasteiger partial charge in [-0.15, -0.1) is 0 Å². The summed E-state index contributed by atoms with van der Waals surface area (Å²) in [7, 11) is 0. The SMILES string of the molecule is CCC(C)C(NN)C1CCC(F)(F)CC1. The van der Waals surface area contributed by atoms with E-state index in [9.17, 15) is 8.78 Å². The van der Waals surface area contributed by atoms with E-state index in [1.54, 1.807) is 0 Å². The van der Waals surface area contributed by atoms with Gasteiger partial charge < -0.3 is 0 Å². The first kappa shape index (κ1) is 12.8. The lowest BCUT2D eigenvalue weighted by Gasteiger charge is -2.36. The van der Waals surface area contributed by atoms with E-state index in [1.165, 1.54) is 0 Å². The molecule has 1 saturated carbocycles. The Balaban J connectivity index is 2.50. The zero-order valence-electron chi connectivity index (χ0n) is 9.60. The summed E-state index contributed by atoms with van der Waals surface area (Å²) in [6.07, 6.45) is 2.25. The molecule has 2 nitrogen and oxygen atoms in total. The van der Waals surface area contributed by atoms with E-state index in [4.69, 9.17) is 5.84 Å². The fraction of sp³-hybridized carbons (Fsp3) is 1.00. The minimum atomic E-state index is -2.44. The average Bonchev–Trinajstić information content (AvgIpc) is 2.21. The summed E-state index contributed by atoms with van der Waals surface area (Å²) in [4.78, 5) is 0. The number of halogens is 2. The van der Waals surface area contributed by atoms with Crippen molar-refractivity contribution in [1.82, 2.24) is 5.43 Å². The molecule has 1 fully saturated rings. The van der Waals surface area contributed by atoms with Crippen LogP contribution in [0.25, 0.3) is 0 Å². The first-order valence-corrected chi connectivity index (χ1v) is 5.84. The van der Waals surface area contributed by atoms with E-state index in [-0.39, 0.29) is 18.9 Å². The molecule has 0 saturated heterocycles. The molecule has 1 rings (SSSR count). The molecule has 90 valence electrons. The van der Waals surface area contributed by atoms with Gasteiger partial charge in [-0.1, -0.05) is 20.3 Å². The molecule has 3 N–H and O–H groups in total. The second kappa shape index (κ2) is 5.21. The molecular formula is C11H22F2N2. The van der Waals surface area contributed by atoms with Gasteiger partial charge in [0.1, 0.15) is 0 Å². The molecule has 1 aliphatic carbocycles. The van der Waals surface area contributed by atoms with Gasteiger partial charge in [0.05, 0.1) is 0 Å². The van der Waals surface area contributed by atoms with Crippen molar-refractivity contribution < 1.29 is 8.78 Å². The minimum Gasteiger partial charge on any atom is -0.271 e. The molecule has 2 atom stereocenters. The highest BCUT2D eigenvalue weighted by Crippen LogP contribution is 2.38. The molecule has 1 aliphatic rings. The first-order chi connectivity index (χ1) is 7.00. The molecule has 0 spiro atoms. The number of hydrogen-bond acceptors (Lipinski definition) is 2. The predicted octanol–water partition coefficient (Wildman–Crippen LogP) is 2.69. The van der Waals surface area contributed by atoms with Crippen molar-refractivity contribution in [3.05, 3.63) is 0 Å². The monoisotopic (exact) mass is 220 g/mol. The average molecular weight is 220 g/mol. The third kappa shape index (κ3) is 3.38. The zero-order valence-corrected chi connectivity index (χ0v) is 9.60. The Morgan fingerprint density at radius 2 is 1.93 bits per heavy atom. The smallest absolute Gasteiger partial charge is 0.248 e. The van der Waals surface area contributed by atoms with Crippen LogP contribution in [0.5, 0.6) is 0 Å². The largest absolute Gasteiger partial charge is 0.271 e. The lowest BCUT2D eigenvalue weighted by atomic mass is 9.77. The summed E-state index contributed by atoms with van der Waals surface area (Å²) in [5.41, 5.74) is 2.80. The van der Waals surface area contributed by atoms with Crippen molar-refractivity contribution in [2.45, 2.75) is 57.9 Å². The Bertz CT molecular complexity index is 187. The summed E-state index contributed by atoms with van der Waals surface area (Å²) in [5, 5.41) is 0. The summed E-state index contributed by atoms with van der Waals surface area (Å²) in [6.45, 7) is 4.23. The quantitative estimate of drug-likeness (QED) is 0.564. The maximum absolute atomic E-state index is 13.0. The Labute approximate surface area is 90.6 Å². The molecule has 2 unspecified atom stereocenters. The standard InChI is InChI=1S/C11H22F2N2/c1-3-8(2)10(15-14)9-4-6-11(12,13)7-5-9/h8-10,15H,3-7,14H2,1-2H3. The second-order valence-electron chi connectivity index (χ2n) is 4.77. The molecule has 0 amide bonds. The van der Waals surface area contributed by atoms with E-state index in [0.29, 0.717) is 24.7 Å². The normalized spacial score (nSPS) is 26.2. The van der Waals surface area contributed by atoms with Crippen LogP contribution in [0.3, 0.4) is 0 Å². The first-order valence-electron chi connectivity index (χ1n) is 5.84. The number of rotatable bonds is 4. The molecule has 0 aromatic carbocycles. The van der Waals surface area contributed by atoms with Crippen LogP contribution in [-0.2, 0) is 0 Å². The summed E-state index contributed by atoms with van der Waals surface area (Å²) < 4.78 is 26.0. The van der Waals surface area contributed by atoms with Gasteiger partial charge in [-0.25, -0.2) is 8.78 Å². The highest BCUT2D eigenvalue weighted by molar-refractivity contribution is 4.86. The van der Waals surface area contributed by atoms with Gasteiger partial charge >= 0.3 is 0 Å². The van der Waals surface area contributed by atoms with E-state index in [2.05, 4.69) is 19.3 Å². The maximum atomic E-state index is 13.0. The number of hydrogen-bond donors (Lipinski definition) is 2. The van der Waals surface area contributed by atoms with Gasteiger partial charge in [-0.3, -0.25) is 11.3 Å². The predicted molar refractivity (Wildman–Crippen MR) is 57.5 cm³/mol. The molecule has 0 aliphatic heterocycles. The molecular weight excluding hydrogens is 198 g/mol. The van der Waals surface area contributed by atoms with Crippen LogP contribution in [0.2, 0.25) is 0 Å². The molecule has 15 heavy (non-hydrogen) atoms. The van der Waals surface area contributed by atoms with Crippen LogP contribution in [0, 0.1) is 11.8 Å². The number of nitrogens with two attached hydrogens (primary N) is 1. The van der Waals surface area contributed by atoms with Gasteiger partial charge in [0.2, 0.25) is 5.92 Å². The third-order valence-corrected chi connectivity index (χ3v) is 3.72. The maximum Gasteiger partial charge on any atom is 0.248 e. The summed E-state index contributed by atoms with van der Waals surface area (Å²) in [6, 6.07) is 0.186.